The Morgan fingerprint density at radius 2 is 1.14 bits per heavy atom. The molecule has 10 rings (SSSR count). The summed E-state index contributed by atoms with van der Waals surface area (Å²) in [4.78, 5) is 15.1. The van der Waals surface area contributed by atoms with Crippen LogP contribution in [0.2, 0.25) is 0 Å². The van der Waals surface area contributed by atoms with E-state index in [1.807, 2.05) is 66.1 Å². The number of hydrogen-bond acceptors (Lipinski definition) is 5. The quantitative estimate of drug-likeness (QED) is 0.185. The number of fused-ring (bicyclic) bond motifs is 6. The maximum Gasteiger partial charge on any atom is 0.161 e. The van der Waals surface area contributed by atoms with Crippen LogP contribution in [0.5, 0.6) is 0 Å². The lowest BCUT2D eigenvalue weighted by molar-refractivity contribution is 0.670. The van der Waals surface area contributed by atoms with Crippen LogP contribution in [-0.2, 0) is 0 Å². The second kappa shape index (κ2) is 11.6. The average molecular weight is 658 g/mol. The molecule has 0 saturated heterocycles. The van der Waals surface area contributed by atoms with Gasteiger partial charge in [0.15, 0.2) is 5.82 Å². The predicted octanol–water partition coefficient (Wildman–Crippen LogP) is 12.5. The van der Waals surface area contributed by atoms with Gasteiger partial charge in [-0.1, -0.05) is 103 Å². The number of furan rings is 1. The first-order chi connectivity index (χ1) is 24.8. The van der Waals surface area contributed by atoms with E-state index < -0.39 is 0 Å². The van der Waals surface area contributed by atoms with Gasteiger partial charge in [-0.2, -0.15) is 0 Å². The van der Waals surface area contributed by atoms with E-state index in [4.69, 9.17) is 14.4 Å². The first-order valence-electron chi connectivity index (χ1n) is 16.6. The summed E-state index contributed by atoms with van der Waals surface area (Å²) in [7, 11) is 0. The zero-order valence-corrected chi connectivity index (χ0v) is 27.6. The predicted molar refractivity (Wildman–Crippen MR) is 207 cm³/mol. The van der Waals surface area contributed by atoms with E-state index in [0.29, 0.717) is 5.82 Å². The molecule has 4 aromatic heterocycles. The Hall–Kier alpha value is -6.43. The molecular weight excluding hydrogens is 631 g/mol. The van der Waals surface area contributed by atoms with Gasteiger partial charge in [0, 0.05) is 65.0 Å². The molecule has 0 bridgehead atoms. The summed E-state index contributed by atoms with van der Waals surface area (Å²) < 4.78 is 9.26. The number of aromatic nitrogens is 3. The number of para-hydroxylation sites is 1. The minimum Gasteiger partial charge on any atom is -0.455 e. The Labute approximate surface area is 292 Å². The summed E-state index contributed by atoms with van der Waals surface area (Å²) in [5, 5.41) is 4.61. The van der Waals surface area contributed by atoms with Crippen molar-refractivity contribution in [3.63, 3.8) is 0 Å². The number of nitrogens with zero attached hydrogens (tertiary/aromatic N) is 3. The molecule has 0 N–H and O–H groups in total. The Morgan fingerprint density at radius 1 is 0.440 bits per heavy atom. The summed E-state index contributed by atoms with van der Waals surface area (Å²) >= 11 is 1.82. The lowest BCUT2D eigenvalue weighted by atomic mass is 9.97. The first kappa shape index (κ1) is 28.6. The van der Waals surface area contributed by atoms with Gasteiger partial charge in [-0.05, 0) is 60.2 Å². The fourth-order valence-electron chi connectivity index (χ4n) is 6.98. The number of benzene rings is 6. The monoisotopic (exact) mass is 657 g/mol. The van der Waals surface area contributed by atoms with Crippen molar-refractivity contribution in [3.8, 4) is 56.3 Å². The highest BCUT2D eigenvalue weighted by Crippen LogP contribution is 2.43. The normalized spacial score (nSPS) is 11.6. The summed E-state index contributed by atoms with van der Waals surface area (Å²) in [5.41, 5.74) is 10.4. The number of pyridine rings is 1. The molecule has 6 aromatic carbocycles. The van der Waals surface area contributed by atoms with Gasteiger partial charge in [0.05, 0.1) is 17.1 Å². The third kappa shape index (κ3) is 4.79. The van der Waals surface area contributed by atoms with E-state index in [1.165, 1.54) is 20.2 Å². The Balaban J connectivity index is 1.20. The molecule has 0 spiro atoms. The number of thiophene rings is 1. The van der Waals surface area contributed by atoms with E-state index in [0.717, 1.165) is 72.4 Å². The van der Waals surface area contributed by atoms with E-state index in [1.54, 1.807) is 0 Å². The Morgan fingerprint density at radius 3 is 2.00 bits per heavy atom. The molecule has 0 saturated carbocycles. The Kier molecular flexibility index (Phi) is 6.64. The number of rotatable bonds is 5. The van der Waals surface area contributed by atoms with E-state index in [-0.39, 0.29) is 0 Å². The van der Waals surface area contributed by atoms with Crippen LogP contribution in [0, 0.1) is 0 Å². The highest BCUT2D eigenvalue weighted by Gasteiger charge is 2.21. The minimum atomic E-state index is 0.646. The molecule has 0 aliphatic rings. The van der Waals surface area contributed by atoms with Crippen LogP contribution in [0.1, 0.15) is 0 Å². The zero-order chi connectivity index (χ0) is 33.0. The van der Waals surface area contributed by atoms with Crippen LogP contribution >= 0.6 is 11.3 Å². The van der Waals surface area contributed by atoms with Crippen molar-refractivity contribution in [1.82, 2.24) is 15.0 Å². The van der Waals surface area contributed by atoms with Crippen LogP contribution in [0.4, 0.5) is 0 Å². The van der Waals surface area contributed by atoms with Crippen molar-refractivity contribution >= 4 is 53.4 Å². The molecule has 0 atom stereocenters. The van der Waals surface area contributed by atoms with Crippen molar-refractivity contribution in [2.75, 3.05) is 0 Å². The summed E-state index contributed by atoms with van der Waals surface area (Å²) in [6, 6.07) is 54.7. The average Bonchev–Trinajstić information content (AvgIpc) is 3.77. The van der Waals surface area contributed by atoms with E-state index in [9.17, 15) is 0 Å². The van der Waals surface area contributed by atoms with E-state index >= 15 is 0 Å². The van der Waals surface area contributed by atoms with Crippen molar-refractivity contribution < 1.29 is 4.42 Å². The fraction of sp³-hybridized carbons (Fsp3) is 0. The molecule has 234 valence electrons. The zero-order valence-electron chi connectivity index (χ0n) is 26.7. The van der Waals surface area contributed by atoms with Crippen molar-refractivity contribution in [3.05, 3.63) is 164 Å². The van der Waals surface area contributed by atoms with Crippen LogP contribution in [0.3, 0.4) is 0 Å². The van der Waals surface area contributed by atoms with Gasteiger partial charge in [-0.15, -0.1) is 11.3 Å². The molecule has 0 aliphatic carbocycles. The minimum absolute atomic E-state index is 0.646. The maximum absolute atomic E-state index is 6.71. The highest BCUT2D eigenvalue weighted by atomic mass is 32.1. The third-order valence-electron chi connectivity index (χ3n) is 9.37. The molecule has 5 heteroatoms. The largest absolute Gasteiger partial charge is 0.455 e. The summed E-state index contributed by atoms with van der Waals surface area (Å²) in [5.74, 6) is 0.646. The smallest absolute Gasteiger partial charge is 0.161 e. The topological polar surface area (TPSA) is 51.8 Å². The molecule has 50 heavy (non-hydrogen) atoms. The van der Waals surface area contributed by atoms with Gasteiger partial charge in [0.25, 0.3) is 0 Å². The highest BCUT2D eigenvalue weighted by molar-refractivity contribution is 7.25. The Bertz CT molecular complexity index is 2870. The first-order valence-corrected chi connectivity index (χ1v) is 17.4. The second-order valence-corrected chi connectivity index (χ2v) is 13.5. The third-order valence-corrected chi connectivity index (χ3v) is 10.5. The van der Waals surface area contributed by atoms with Gasteiger partial charge in [0.2, 0.25) is 0 Å². The molecule has 0 unspecified atom stereocenters. The van der Waals surface area contributed by atoms with Crippen molar-refractivity contribution in [1.29, 1.82) is 0 Å². The molecule has 0 aliphatic heterocycles. The molecular formula is C45H27N3OS. The summed E-state index contributed by atoms with van der Waals surface area (Å²) in [6.07, 6.45) is 1.82. The van der Waals surface area contributed by atoms with E-state index in [2.05, 4.69) is 114 Å². The standard InChI is InChI=1S/C45H27N3OS/c1-2-11-28(12-3-1)38-27-39(31-14-10-13-30(25-31)37-17-8-9-24-46-37)48-45(47-38)36-23-22-32(44-43(36)35-16-4-6-18-40(35)49-44)29-20-21-34-33-15-5-7-19-41(33)50-42(34)26-29/h1-27H. The van der Waals surface area contributed by atoms with Gasteiger partial charge >= 0.3 is 0 Å². The van der Waals surface area contributed by atoms with Crippen LogP contribution in [0.15, 0.2) is 168 Å². The van der Waals surface area contributed by atoms with Gasteiger partial charge in [-0.25, -0.2) is 9.97 Å². The van der Waals surface area contributed by atoms with Crippen molar-refractivity contribution in [2.45, 2.75) is 0 Å². The summed E-state index contributed by atoms with van der Waals surface area (Å²) in [6.45, 7) is 0. The number of hydrogen-bond donors (Lipinski definition) is 0. The molecule has 4 nitrogen and oxygen atoms in total. The van der Waals surface area contributed by atoms with Crippen LogP contribution < -0.4 is 0 Å². The van der Waals surface area contributed by atoms with Gasteiger partial charge < -0.3 is 4.42 Å². The van der Waals surface area contributed by atoms with Crippen LogP contribution in [0.25, 0.3) is 98.4 Å². The second-order valence-electron chi connectivity index (χ2n) is 12.4. The SMILES string of the molecule is c1ccc(-c2cc(-c3cccc(-c4ccccn4)c3)nc(-c3ccc(-c4ccc5c(c4)sc4ccccc45)c4oc5ccccc5c34)n2)cc1. The maximum atomic E-state index is 6.71. The molecule has 0 amide bonds. The lowest BCUT2D eigenvalue weighted by Crippen LogP contribution is -1.97. The van der Waals surface area contributed by atoms with Gasteiger partial charge in [0.1, 0.15) is 11.2 Å². The lowest BCUT2D eigenvalue weighted by Gasteiger charge is -2.12. The van der Waals surface area contributed by atoms with Crippen molar-refractivity contribution in [2.24, 2.45) is 0 Å². The molecule has 0 radical (unpaired) electrons. The van der Waals surface area contributed by atoms with Crippen LogP contribution in [-0.4, -0.2) is 15.0 Å². The molecule has 0 fully saturated rings. The fourth-order valence-corrected chi connectivity index (χ4v) is 8.12. The van der Waals surface area contributed by atoms with Gasteiger partial charge in [-0.3, -0.25) is 4.98 Å². The molecule has 10 aromatic rings. The molecule has 4 heterocycles.